The Morgan fingerprint density at radius 1 is 1.36 bits per heavy atom. The quantitative estimate of drug-likeness (QED) is 0.652. The number of nitrogens with zero attached hydrogens (tertiary/aromatic N) is 1. The smallest absolute Gasteiger partial charge is 0.129 e. The second kappa shape index (κ2) is 6.18. The molecule has 0 atom stereocenters. The van der Waals surface area contributed by atoms with Gasteiger partial charge in [0.25, 0.3) is 0 Å². The summed E-state index contributed by atoms with van der Waals surface area (Å²) >= 11 is 0. The first-order chi connectivity index (χ1) is 6.74. The van der Waals surface area contributed by atoms with Gasteiger partial charge in [0, 0.05) is 12.5 Å². The van der Waals surface area contributed by atoms with Crippen molar-refractivity contribution in [1.82, 2.24) is 4.90 Å². The summed E-state index contributed by atoms with van der Waals surface area (Å²) in [5.74, 6) is 0.326. The monoisotopic (exact) mass is 197 g/mol. The van der Waals surface area contributed by atoms with Crippen molar-refractivity contribution >= 4 is 5.78 Å². The molecule has 0 spiro atoms. The van der Waals surface area contributed by atoms with Gasteiger partial charge in [0.15, 0.2) is 0 Å². The van der Waals surface area contributed by atoms with Gasteiger partial charge in [-0.2, -0.15) is 0 Å². The van der Waals surface area contributed by atoms with E-state index in [1.165, 1.54) is 25.7 Å². The molecule has 2 nitrogen and oxygen atoms in total. The van der Waals surface area contributed by atoms with Gasteiger partial charge in [-0.25, -0.2) is 0 Å². The third-order valence-corrected chi connectivity index (χ3v) is 3.22. The highest BCUT2D eigenvalue weighted by Gasteiger charge is 2.20. The zero-order chi connectivity index (χ0) is 10.4. The fourth-order valence-electron chi connectivity index (χ4n) is 2.40. The highest BCUT2D eigenvalue weighted by molar-refractivity contribution is 5.75. The minimum absolute atomic E-state index is 0.326. The number of carbonyl (C=O) groups excluding carboxylic acids is 1. The SMILES string of the molecule is CCN(CCCC(C)=O)C1CCCC1. The number of carbonyl (C=O) groups is 1. The Labute approximate surface area is 87.7 Å². The van der Waals surface area contributed by atoms with Crippen LogP contribution in [0, 0.1) is 0 Å². The lowest BCUT2D eigenvalue weighted by molar-refractivity contribution is -0.117. The van der Waals surface area contributed by atoms with E-state index in [9.17, 15) is 4.79 Å². The average Bonchev–Trinajstić information content (AvgIpc) is 2.64. The van der Waals surface area contributed by atoms with Gasteiger partial charge in [-0.1, -0.05) is 19.8 Å². The van der Waals surface area contributed by atoms with Gasteiger partial charge in [-0.05, 0) is 39.3 Å². The summed E-state index contributed by atoms with van der Waals surface area (Å²) in [7, 11) is 0. The van der Waals surface area contributed by atoms with Gasteiger partial charge in [0.05, 0.1) is 0 Å². The summed E-state index contributed by atoms with van der Waals surface area (Å²) < 4.78 is 0. The van der Waals surface area contributed by atoms with E-state index in [0.717, 1.165) is 32.0 Å². The van der Waals surface area contributed by atoms with Crippen LogP contribution in [-0.4, -0.2) is 29.8 Å². The van der Waals surface area contributed by atoms with Crippen LogP contribution in [0.25, 0.3) is 0 Å². The molecule has 1 saturated carbocycles. The van der Waals surface area contributed by atoms with E-state index >= 15 is 0 Å². The maximum Gasteiger partial charge on any atom is 0.129 e. The van der Waals surface area contributed by atoms with Crippen molar-refractivity contribution in [3.05, 3.63) is 0 Å². The van der Waals surface area contributed by atoms with E-state index in [1.807, 2.05) is 0 Å². The minimum Gasteiger partial charge on any atom is -0.301 e. The fourth-order valence-corrected chi connectivity index (χ4v) is 2.40. The molecule has 82 valence electrons. The molecule has 0 unspecified atom stereocenters. The molecule has 0 bridgehead atoms. The molecule has 1 aliphatic carbocycles. The molecule has 0 N–H and O–H groups in total. The van der Waals surface area contributed by atoms with Crippen molar-refractivity contribution in [2.45, 2.75) is 58.4 Å². The minimum atomic E-state index is 0.326. The summed E-state index contributed by atoms with van der Waals surface area (Å²) in [5, 5.41) is 0. The van der Waals surface area contributed by atoms with Gasteiger partial charge < -0.3 is 9.69 Å². The Kier molecular flexibility index (Phi) is 5.16. The van der Waals surface area contributed by atoms with E-state index in [2.05, 4.69) is 11.8 Å². The van der Waals surface area contributed by atoms with Gasteiger partial charge in [0.1, 0.15) is 5.78 Å². The predicted molar refractivity (Wildman–Crippen MR) is 59.4 cm³/mol. The molecule has 2 heteroatoms. The zero-order valence-corrected chi connectivity index (χ0v) is 9.59. The maximum absolute atomic E-state index is 10.8. The molecule has 0 heterocycles. The first-order valence-electron chi connectivity index (χ1n) is 5.97. The van der Waals surface area contributed by atoms with E-state index < -0.39 is 0 Å². The van der Waals surface area contributed by atoms with Gasteiger partial charge in [-0.3, -0.25) is 0 Å². The molecule has 0 aromatic heterocycles. The Morgan fingerprint density at radius 3 is 2.50 bits per heavy atom. The molecule has 0 radical (unpaired) electrons. The topological polar surface area (TPSA) is 20.3 Å². The van der Waals surface area contributed by atoms with Crippen LogP contribution in [-0.2, 0) is 4.79 Å². The fraction of sp³-hybridized carbons (Fsp3) is 0.917. The largest absolute Gasteiger partial charge is 0.301 e. The lowest BCUT2D eigenvalue weighted by atomic mass is 10.1. The number of rotatable bonds is 6. The van der Waals surface area contributed by atoms with Crippen molar-refractivity contribution in [3.63, 3.8) is 0 Å². The standard InChI is InChI=1S/C12H23NO/c1-3-13(10-6-7-11(2)14)12-8-4-5-9-12/h12H,3-10H2,1-2H3. The van der Waals surface area contributed by atoms with E-state index in [-0.39, 0.29) is 0 Å². The third kappa shape index (κ3) is 3.79. The Balaban J connectivity index is 2.20. The van der Waals surface area contributed by atoms with E-state index in [4.69, 9.17) is 0 Å². The molecule has 0 amide bonds. The second-order valence-corrected chi connectivity index (χ2v) is 4.37. The predicted octanol–water partition coefficient (Wildman–Crippen LogP) is 2.62. The maximum atomic E-state index is 10.8. The number of Topliss-reactive ketones (excluding diaryl/α,β-unsaturated/α-hetero) is 1. The number of hydrogen-bond acceptors (Lipinski definition) is 2. The van der Waals surface area contributed by atoms with Crippen molar-refractivity contribution in [2.24, 2.45) is 0 Å². The van der Waals surface area contributed by atoms with Crippen molar-refractivity contribution in [3.8, 4) is 0 Å². The highest BCUT2D eigenvalue weighted by atomic mass is 16.1. The van der Waals surface area contributed by atoms with E-state index in [1.54, 1.807) is 6.92 Å². The lowest BCUT2D eigenvalue weighted by Crippen LogP contribution is -2.34. The van der Waals surface area contributed by atoms with Crippen molar-refractivity contribution in [2.75, 3.05) is 13.1 Å². The average molecular weight is 197 g/mol. The number of ketones is 1. The van der Waals surface area contributed by atoms with Gasteiger partial charge >= 0.3 is 0 Å². The molecule has 0 aromatic rings. The number of hydrogen-bond donors (Lipinski definition) is 0. The van der Waals surface area contributed by atoms with Crippen LogP contribution >= 0.6 is 0 Å². The summed E-state index contributed by atoms with van der Waals surface area (Å²) in [4.78, 5) is 13.4. The van der Waals surface area contributed by atoms with Crippen LogP contribution < -0.4 is 0 Å². The molecule has 0 aromatic carbocycles. The second-order valence-electron chi connectivity index (χ2n) is 4.37. The van der Waals surface area contributed by atoms with E-state index in [0.29, 0.717) is 5.78 Å². The first kappa shape index (κ1) is 11.7. The molecule has 0 saturated heterocycles. The van der Waals surface area contributed by atoms with Crippen molar-refractivity contribution in [1.29, 1.82) is 0 Å². The Morgan fingerprint density at radius 2 is 2.00 bits per heavy atom. The van der Waals surface area contributed by atoms with Crippen LogP contribution in [0.2, 0.25) is 0 Å². The molecule has 14 heavy (non-hydrogen) atoms. The van der Waals surface area contributed by atoms with Crippen molar-refractivity contribution < 1.29 is 4.79 Å². The van der Waals surface area contributed by atoms with Crippen LogP contribution in [0.4, 0.5) is 0 Å². The summed E-state index contributed by atoms with van der Waals surface area (Å²) in [6.45, 7) is 6.17. The van der Waals surface area contributed by atoms with Crippen LogP contribution in [0.15, 0.2) is 0 Å². The highest BCUT2D eigenvalue weighted by Crippen LogP contribution is 2.23. The van der Waals surface area contributed by atoms with Crippen LogP contribution in [0.5, 0.6) is 0 Å². The Hall–Kier alpha value is -0.370. The summed E-state index contributed by atoms with van der Waals surface area (Å²) in [6.07, 6.45) is 7.33. The first-order valence-corrected chi connectivity index (χ1v) is 5.97. The summed E-state index contributed by atoms with van der Waals surface area (Å²) in [5.41, 5.74) is 0. The normalized spacial score (nSPS) is 17.9. The Bertz CT molecular complexity index is 173. The molecular weight excluding hydrogens is 174 g/mol. The van der Waals surface area contributed by atoms with Gasteiger partial charge in [0.2, 0.25) is 0 Å². The van der Waals surface area contributed by atoms with Gasteiger partial charge in [-0.15, -0.1) is 0 Å². The molecule has 1 aliphatic rings. The summed E-state index contributed by atoms with van der Waals surface area (Å²) in [6, 6.07) is 0.812. The molecule has 0 aliphatic heterocycles. The molecule has 1 rings (SSSR count). The lowest BCUT2D eigenvalue weighted by Gasteiger charge is -2.27. The zero-order valence-electron chi connectivity index (χ0n) is 9.59. The molecule has 1 fully saturated rings. The van der Waals surface area contributed by atoms with Crippen LogP contribution in [0.3, 0.4) is 0 Å². The molecular formula is C12H23NO. The third-order valence-electron chi connectivity index (χ3n) is 3.22. The van der Waals surface area contributed by atoms with Crippen LogP contribution in [0.1, 0.15) is 52.4 Å².